The second-order valence-electron chi connectivity index (χ2n) is 12.6. The first-order valence-electron chi connectivity index (χ1n) is 16.1. The van der Waals surface area contributed by atoms with E-state index in [1.807, 2.05) is 0 Å². The van der Waals surface area contributed by atoms with Gasteiger partial charge in [0.15, 0.2) is 25.2 Å². The predicted molar refractivity (Wildman–Crippen MR) is 157 cm³/mol. The summed E-state index contributed by atoms with van der Waals surface area (Å²) < 4.78 is 39.2. The first-order chi connectivity index (χ1) is 24.1. The van der Waals surface area contributed by atoms with Gasteiger partial charge in [0, 0.05) is 13.8 Å². The molecule has 0 bridgehead atoms. The fourth-order valence-electron chi connectivity index (χ4n) is 6.35. The van der Waals surface area contributed by atoms with Gasteiger partial charge in [0.25, 0.3) is 0 Å². The van der Waals surface area contributed by atoms with Crippen molar-refractivity contribution in [2.75, 3.05) is 26.4 Å². The fraction of sp³-hybridized carbons (Fsp3) is 0.929. The normalized spacial score (nSPS) is 47.8. The van der Waals surface area contributed by atoms with Gasteiger partial charge >= 0.3 is 0 Å². The monoisotopic (exact) mass is 748 g/mol. The molecule has 0 unspecified atom stereocenters. The maximum atomic E-state index is 12.3. The van der Waals surface area contributed by atoms with Crippen LogP contribution in [0.25, 0.3) is 0 Å². The first-order valence-corrected chi connectivity index (χ1v) is 16.1. The Bertz CT molecular complexity index is 1140. The van der Waals surface area contributed by atoms with E-state index < -0.39 is 161 Å². The van der Waals surface area contributed by atoms with Crippen LogP contribution in [0.5, 0.6) is 0 Å². The van der Waals surface area contributed by atoms with Gasteiger partial charge in [0.1, 0.15) is 97.5 Å². The van der Waals surface area contributed by atoms with Crippen LogP contribution >= 0.6 is 0 Å². The summed E-state index contributed by atoms with van der Waals surface area (Å²) in [5.41, 5.74) is 0. The molecule has 4 rings (SSSR count). The second-order valence-corrected chi connectivity index (χ2v) is 12.6. The van der Waals surface area contributed by atoms with E-state index in [0.717, 1.165) is 13.8 Å². The smallest absolute Gasteiger partial charge is 0.217 e. The van der Waals surface area contributed by atoms with Gasteiger partial charge < -0.3 is 105 Å². The van der Waals surface area contributed by atoms with Crippen LogP contribution in [-0.2, 0) is 42.7 Å². The highest BCUT2D eigenvalue weighted by molar-refractivity contribution is 5.73. The molecule has 4 aliphatic heterocycles. The molecule has 14 N–H and O–H groups in total. The molecular formula is C28H48N2O21. The number of carbonyl (C=O) groups excluding carboxylic acids is 2. The Morgan fingerprint density at radius 1 is 0.471 bits per heavy atom. The van der Waals surface area contributed by atoms with E-state index in [-0.39, 0.29) is 0 Å². The summed E-state index contributed by atoms with van der Waals surface area (Å²) in [6.45, 7) is -1.29. The Kier molecular flexibility index (Phi) is 14.8. The minimum Gasteiger partial charge on any atom is -0.394 e. The first kappa shape index (κ1) is 41.9. The molecule has 4 aliphatic rings. The number of aliphatic hydroxyl groups is 12. The van der Waals surface area contributed by atoms with Crippen molar-refractivity contribution in [1.29, 1.82) is 0 Å². The summed E-state index contributed by atoms with van der Waals surface area (Å²) in [6, 6.07) is -3.05. The van der Waals surface area contributed by atoms with Gasteiger partial charge in [-0.1, -0.05) is 0 Å². The standard InChI is InChI=1S/C28H48N2O21/c1-7(35)29-13-23(16(38)10(4-32)45-25(13)44)50-28-21(43)19(41)22(12(6-34)48-28)49-26-14(30-8(2)36)24(17(39)11(5-33)46-26)51-27-20(42)18(40)15(37)9(3-31)47-27/h9-28,31-34,37-44H,3-6H2,1-2H3,(H,29,35)(H,30,36)/t9-,10-,11-,12-,13-,14-,15+,16+,17+,18+,19-,20-,21-,22+,23-,24-,25-,26+,27+,28-/m1/s1. The van der Waals surface area contributed by atoms with E-state index in [2.05, 4.69) is 10.6 Å². The molecule has 0 aliphatic carbocycles. The molecule has 296 valence electrons. The summed E-state index contributed by atoms with van der Waals surface area (Å²) in [4.78, 5) is 24.1. The van der Waals surface area contributed by atoms with Crippen molar-refractivity contribution >= 4 is 11.8 Å². The number of carbonyl (C=O) groups is 2. The zero-order chi connectivity index (χ0) is 37.9. The van der Waals surface area contributed by atoms with E-state index in [0.29, 0.717) is 0 Å². The molecule has 0 radical (unpaired) electrons. The summed E-state index contributed by atoms with van der Waals surface area (Å²) in [7, 11) is 0. The van der Waals surface area contributed by atoms with Crippen LogP contribution < -0.4 is 10.6 Å². The van der Waals surface area contributed by atoms with E-state index >= 15 is 0 Å². The molecule has 4 fully saturated rings. The molecule has 0 spiro atoms. The summed E-state index contributed by atoms with van der Waals surface area (Å²) in [6.07, 6.45) is -31.5. The van der Waals surface area contributed by atoms with Crippen LogP contribution in [0.3, 0.4) is 0 Å². The molecule has 23 nitrogen and oxygen atoms in total. The molecule has 20 atom stereocenters. The molecule has 4 saturated heterocycles. The molecular weight excluding hydrogens is 700 g/mol. The molecule has 0 aromatic rings. The van der Waals surface area contributed by atoms with Crippen molar-refractivity contribution in [1.82, 2.24) is 10.6 Å². The van der Waals surface area contributed by atoms with E-state index in [4.69, 9.17) is 33.2 Å². The van der Waals surface area contributed by atoms with Gasteiger partial charge in [0.05, 0.1) is 26.4 Å². The van der Waals surface area contributed by atoms with Gasteiger partial charge in [-0.15, -0.1) is 0 Å². The van der Waals surface area contributed by atoms with Gasteiger partial charge in [-0.2, -0.15) is 0 Å². The number of nitrogens with one attached hydrogen (secondary N) is 2. The van der Waals surface area contributed by atoms with Gasteiger partial charge in [-0.25, -0.2) is 0 Å². The molecule has 0 aromatic carbocycles. The fourth-order valence-corrected chi connectivity index (χ4v) is 6.35. The van der Waals surface area contributed by atoms with Crippen LogP contribution in [-0.4, -0.2) is 222 Å². The third kappa shape index (κ3) is 9.11. The SMILES string of the molecule is CC(=O)N[C@@H]1[C@@H](O[C@H]2O[C@H](CO)[C@H](O[C@@H]3O[C@H](CO)[C@H](O)[C@H](O[C@@H]4O[C@H](CO)[C@H](O)[C@H](O)[C@H]4O)[C@H]3NC(C)=O)[C@H](O)[C@H]2O)[C@@H](O)[C@@H](CO)O[C@H]1O. The van der Waals surface area contributed by atoms with E-state index in [1.165, 1.54) is 0 Å². The molecule has 51 heavy (non-hydrogen) atoms. The zero-order valence-electron chi connectivity index (χ0n) is 27.4. The Balaban J connectivity index is 1.58. The van der Waals surface area contributed by atoms with Gasteiger partial charge in [-0.3, -0.25) is 9.59 Å². The Hall–Kier alpha value is -1.82. The molecule has 0 saturated carbocycles. The lowest BCUT2D eigenvalue weighted by atomic mass is 9.94. The quantitative estimate of drug-likeness (QED) is 0.0881. The topological polar surface area (TPSA) is 366 Å². The molecule has 2 amide bonds. The minimum atomic E-state index is -2.06. The molecule has 0 aromatic heterocycles. The van der Waals surface area contributed by atoms with Crippen molar-refractivity contribution in [3.63, 3.8) is 0 Å². The number of rotatable bonds is 12. The minimum absolute atomic E-state index is 0.681. The third-order valence-electron chi connectivity index (χ3n) is 9.01. The Morgan fingerprint density at radius 2 is 0.863 bits per heavy atom. The Labute approximate surface area is 289 Å². The van der Waals surface area contributed by atoms with Crippen molar-refractivity contribution in [3.05, 3.63) is 0 Å². The van der Waals surface area contributed by atoms with Crippen LogP contribution in [0.15, 0.2) is 0 Å². The number of hydrogen-bond acceptors (Lipinski definition) is 21. The highest BCUT2D eigenvalue weighted by Gasteiger charge is 2.56. The highest BCUT2D eigenvalue weighted by Crippen LogP contribution is 2.34. The van der Waals surface area contributed by atoms with Gasteiger partial charge in [-0.05, 0) is 0 Å². The largest absolute Gasteiger partial charge is 0.394 e. The average molecular weight is 749 g/mol. The number of ether oxygens (including phenoxy) is 7. The summed E-state index contributed by atoms with van der Waals surface area (Å²) in [5.74, 6) is -1.44. The van der Waals surface area contributed by atoms with Crippen LogP contribution in [0.4, 0.5) is 0 Å². The summed E-state index contributed by atoms with van der Waals surface area (Å²) >= 11 is 0. The second kappa shape index (κ2) is 18.0. The van der Waals surface area contributed by atoms with Crippen molar-refractivity contribution in [3.8, 4) is 0 Å². The van der Waals surface area contributed by atoms with Gasteiger partial charge in [0.2, 0.25) is 11.8 Å². The van der Waals surface area contributed by atoms with Crippen molar-refractivity contribution in [2.24, 2.45) is 0 Å². The van der Waals surface area contributed by atoms with Crippen molar-refractivity contribution < 1.29 is 104 Å². The van der Waals surface area contributed by atoms with E-state index in [9.17, 15) is 70.9 Å². The summed E-state index contributed by atoms with van der Waals surface area (Å²) in [5, 5.41) is 130. The predicted octanol–water partition coefficient (Wildman–Crippen LogP) is -9.46. The molecule has 4 heterocycles. The number of amides is 2. The lowest BCUT2D eigenvalue weighted by molar-refractivity contribution is -0.374. The third-order valence-corrected chi connectivity index (χ3v) is 9.01. The lowest BCUT2D eigenvalue weighted by Crippen LogP contribution is -2.70. The van der Waals surface area contributed by atoms with Crippen molar-refractivity contribution in [2.45, 2.75) is 137 Å². The average Bonchev–Trinajstić information content (AvgIpc) is 3.09. The maximum absolute atomic E-state index is 12.3. The zero-order valence-corrected chi connectivity index (χ0v) is 27.4. The molecule has 23 heteroatoms. The maximum Gasteiger partial charge on any atom is 0.217 e. The van der Waals surface area contributed by atoms with Crippen LogP contribution in [0.1, 0.15) is 13.8 Å². The highest BCUT2D eigenvalue weighted by atomic mass is 16.8. The van der Waals surface area contributed by atoms with E-state index in [1.54, 1.807) is 0 Å². The number of hydrogen-bond donors (Lipinski definition) is 14. The van der Waals surface area contributed by atoms with Crippen LogP contribution in [0, 0.1) is 0 Å². The van der Waals surface area contributed by atoms with Crippen LogP contribution in [0.2, 0.25) is 0 Å². The number of aliphatic hydroxyl groups excluding tert-OH is 12. The Morgan fingerprint density at radius 3 is 1.37 bits per heavy atom. The lowest BCUT2D eigenvalue weighted by Gasteiger charge is -2.50.